The van der Waals surface area contributed by atoms with Gasteiger partial charge in [0.05, 0.1) is 6.54 Å². The molecule has 64 valence electrons. The Morgan fingerprint density at radius 1 is 1.55 bits per heavy atom. The number of carboxylic acid groups (broad SMARTS) is 1. The first-order valence-corrected chi connectivity index (χ1v) is 3.24. The van der Waals surface area contributed by atoms with Crippen molar-refractivity contribution in [1.29, 1.82) is 0 Å². The molecule has 0 saturated carbocycles. The summed E-state index contributed by atoms with van der Waals surface area (Å²) in [6, 6.07) is -0.688. The van der Waals surface area contributed by atoms with Gasteiger partial charge in [-0.1, -0.05) is 0 Å². The molecule has 0 bridgehead atoms. The van der Waals surface area contributed by atoms with Crippen LogP contribution in [0.3, 0.4) is 0 Å². The number of carbonyl (C=O) groups is 2. The average molecular weight is 160 g/mol. The first-order chi connectivity index (χ1) is 5.07. The molecule has 1 unspecified atom stereocenters. The first kappa shape index (κ1) is 9.90. The summed E-state index contributed by atoms with van der Waals surface area (Å²) in [6.45, 7) is 1.51. The quantitative estimate of drug-likeness (QED) is 0.482. The van der Waals surface area contributed by atoms with Crippen molar-refractivity contribution in [2.45, 2.75) is 13.0 Å². The highest BCUT2D eigenvalue weighted by Crippen LogP contribution is 1.78. The second-order valence-electron chi connectivity index (χ2n) is 2.11. The van der Waals surface area contributed by atoms with Crippen LogP contribution in [-0.2, 0) is 9.59 Å². The fourth-order valence-corrected chi connectivity index (χ4v) is 0.421. The van der Waals surface area contributed by atoms with Gasteiger partial charge in [-0.3, -0.25) is 14.9 Å². The summed E-state index contributed by atoms with van der Waals surface area (Å²) in [6.07, 6.45) is 0. The van der Waals surface area contributed by atoms with E-state index in [1.54, 1.807) is 0 Å². The molecule has 0 aliphatic carbocycles. The van der Waals surface area contributed by atoms with E-state index in [1.807, 2.05) is 0 Å². The number of hydrogen-bond donors (Lipinski definition) is 3. The van der Waals surface area contributed by atoms with Gasteiger partial charge in [-0.2, -0.15) is 0 Å². The number of amides is 1. The maximum atomic E-state index is 10.6. The van der Waals surface area contributed by atoms with Crippen LogP contribution in [-0.4, -0.2) is 36.6 Å². The van der Waals surface area contributed by atoms with Crippen LogP contribution in [0.15, 0.2) is 0 Å². The molecule has 0 spiro atoms. The molecule has 0 aromatic heterocycles. The predicted molar refractivity (Wildman–Crippen MR) is 39.2 cm³/mol. The smallest absolute Gasteiger partial charge is 0.320 e. The zero-order valence-corrected chi connectivity index (χ0v) is 6.55. The van der Waals surface area contributed by atoms with Crippen LogP contribution in [0.2, 0.25) is 0 Å². The fraction of sp³-hybridized carbons (Fsp3) is 0.667. The van der Waals surface area contributed by atoms with E-state index in [0.29, 0.717) is 0 Å². The van der Waals surface area contributed by atoms with Gasteiger partial charge in [-0.25, -0.2) is 0 Å². The largest absolute Gasteiger partial charge is 0.480 e. The summed E-state index contributed by atoms with van der Waals surface area (Å²) in [5, 5.41) is 13.3. The third kappa shape index (κ3) is 4.32. The lowest BCUT2D eigenvalue weighted by molar-refractivity contribution is -0.139. The molecule has 0 rings (SSSR count). The van der Waals surface area contributed by atoms with Gasteiger partial charge in [0.15, 0.2) is 0 Å². The van der Waals surface area contributed by atoms with Crippen LogP contribution in [0.4, 0.5) is 0 Å². The molecule has 0 aliphatic heterocycles. The van der Waals surface area contributed by atoms with Crippen molar-refractivity contribution in [2.24, 2.45) is 0 Å². The van der Waals surface area contributed by atoms with Crippen molar-refractivity contribution < 1.29 is 14.7 Å². The van der Waals surface area contributed by atoms with Gasteiger partial charge in [0.1, 0.15) is 6.04 Å². The molecule has 0 saturated heterocycles. The minimum Gasteiger partial charge on any atom is -0.480 e. The lowest BCUT2D eigenvalue weighted by Crippen LogP contribution is -2.40. The summed E-state index contributed by atoms with van der Waals surface area (Å²) in [4.78, 5) is 20.8. The van der Waals surface area contributed by atoms with E-state index in [2.05, 4.69) is 10.6 Å². The van der Waals surface area contributed by atoms with Crippen molar-refractivity contribution in [2.75, 3.05) is 13.6 Å². The predicted octanol–water partition coefficient (Wildman–Crippen LogP) is -1.20. The maximum Gasteiger partial charge on any atom is 0.320 e. The van der Waals surface area contributed by atoms with Crippen LogP contribution >= 0.6 is 0 Å². The molecule has 11 heavy (non-hydrogen) atoms. The Hall–Kier alpha value is -1.10. The molecule has 0 heterocycles. The molecular formula is C6H12N2O3. The molecule has 5 nitrogen and oxygen atoms in total. The number of aliphatic carboxylic acids is 1. The highest BCUT2D eigenvalue weighted by Gasteiger charge is 2.10. The van der Waals surface area contributed by atoms with E-state index >= 15 is 0 Å². The third-order valence-electron chi connectivity index (χ3n) is 1.22. The summed E-state index contributed by atoms with van der Waals surface area (Å²) in [7, 11) is 1.50. The van der Waals surface area contributed by atoms with Crippen LogP contribution in [0.1, 0.15) is 6.92 Å². The molecule has 1 atom stereocenters. The normalized spacial score (nSPS) is 12.2. The van der Waals surface area contributed by atoms with E-state index in [1.165, 1.54) is 14.0 Å². The number of likely N-dealkylation sites (N-methyl/N-ethyl adjacent to an activating group) is 1. The number of hydrogen-bond acceptors (Lipinski definition) is 3. The average Bonchev–Trinajstić information content (AvgIpc) is 1.99. The Labute approximate surface area is 64.8 Å². The molecule has 0 aromatic rings. The van der Waals surface area contributed by atoms with Crippen molar-refractivity contribution in [1.82, 2.24) is 10.6 Å². The van der Waals surface area contributed by atoms with Crippen LogP contribution in [0, 0.1) is 0 Å². The van der Waals surface area contributed by atoms with Crippen molar-refractivity contribution in [3.63, 3.8) is 0 Å². The number of carbonyl (C=O) groups excluding carboxylic acids is 1. The minimum atomic E-state index is -0.964. The van der Waals surface area contributed by atoms with Crippen molar-refractivity contribution in [3.8, 4) is 0 Å². The van der Waals surface area contributed by atoms with Crippen molar-refractivity contribution in [3.05, 3.63) is 0 Å². The maximum absolute atomic E-state index is 10.6. The number of rotatable bonds is 4. The molecule has 0 aromatic carbocycles. The lowest BCUT2D eigenvalue weighted by Gasteiger charge is -2.06. The molecule has 0 aliphatic rings. The lowest BCUT2D eigenvalue weighted by atomic mass is 10.3. The van der Waals surface area contributed by atoms with Gasteiger partial charge < -0.3 is 10.4 Å². The van der Waals surface area contributed by atoms with Crippen LogP contribution < -0.4 is 10.6 Å². The molecule has 0 fully saturated rings. The van der Waals surface area contributed by atoms with E-state index in [9.17, 15) is 9.59 Å². The monoisotopic (exact) mass is 160 g/mol. The van der Waals surface area contributed by atoms with Gasteiger partial charge >= 0.3 is 5.97 Å². The first-order valence-electron chi connectivity index (χ1n) is 3.24. The Morgan fingerprint density at radius 2 is 2.09 bits per heavy atom. The molecular weight excluding hydrogens is 148 g/mol. The SMILES string of the molecule is CNC(=O)CNC(C)C(=O)O. The summed E-state index contributed by atoms with van der Waals surface area (Å²) < 4.78 is 0. The Balaban J connectivity index is 3.54. The van der Waals surface area contributed by atoms with Crippen molar-refractivity contribution >= 4 is 11.9 Å². The zero-order valence-electron chi connectivity index (χ0n) is 6.55. The second-order valence-corrected chi connectivity index (χ2v) is 2.11. The number of nitrogens with one attached hydrogen (secondary N) is 2. The van der Waals surface area contributed by atoms with E-state index in [4.69, 9.17) is 5.11 Å². The van der Waals surface area contributed by atoms with Crippen LogP contribution in [0.25, 0.3) is 0 Å². The summed E-state index contributed by atoms with van der Waals surface area (Å²) >= 11 is 0. The van der Waals surface area contributed by atoms with E-state index < -0.39 is 12.0 Å². The minimum absolute atomic E-state index is 0.0317. The topological polar surface area (TPSA) is 78.4 Å². The van der Waals surface area contributed by atoms with Gasteiger partial charge in [0, 0.05) is 7.05 Å². The van der Waals surface area contributed by atoms with Gasteiger partial charge in [-0.15, -0.1) is 0 Å². The second kappa shape index (κ2) is 4.68. The molecule has 1 amide bonds. The highest BCUT2D eigenvalue weighted by molar-refractivity contribution is 5.79. The molecule has 0 radical (unpaired) electrons. The molecule has 3 N–H and O–H groups in total. The summed E-state index contributed by atoms with van der Waals surface area (Å²) in [5.41, 5.74) is 0. The van der Waals surface area contributed by atoms with E-state index in [-0.39, 0.29) is 12.5 Å². The van der Waals surface area contributed by atoms with Gasteiger partial charge in [-0.05, 0) is 6.92 Å². The number of carboxylic acids is 1. The molecule has 5 heteroatoms. The highest BCUT2D eigenvalue weighted by atomic mass is 16.4. The standard InChI is InChI=1S/C6H12N2O3/c1-4(6(10)11)8-3-5(9)7-2/h4,8H,3H2,1-2H3,(H,7,9)(H,10,11). The van der Waals surface area contributed by atoms with E-state index in [0.717, 1.165) is 0 Å². The van der Waals surface area contributed by atoms with Gasteiger partial charge in [0.25, 0.3) is 0 Å². The Morgan fingerprint density at radius 3 is 2.45 bits per heavy atom. The zero-order chi connectivity index (χ0) is 8.85. The Bertz CT molecular complexity index is 158. The van der Waals surface area contributed by atoms with Crippen LogP contribution in [0.5, 0.6) is 0 Å². The Kier molecular flexibility index (Phi) is 4.21. The summed E-state index contributed by atoms with van der Waals surface area (Å²) in [5.74, 6) is -1.19. The third-order valence-corrected chi connectivity index (χ3v) is 1.22. The fourth-order valence-electron chi connectivity index (χ4n) is 0.421. The van der Waals surface area contributed by atoms with Gasteiger partial charge in [0.2, 0.25) is 5.91 Å².